The lowest BCUT2D eigenvalue weighted by Gasteiger charge is -2.07. The lowest BCUT2D eigenvalue weighted by molar-refractivity contribution is -0.136. The van der Waals surface area contributed by atoms with Gasteiger partial charge in [0.25, 0.3) is 0 Å². The van der Waals surface area contributed by atoms with E-state index in [1.165, 1.54) is 11.8 Å². The zero-order valence-electron chi connectivity index (χ0n) is 10.9. The number of thioether (sulfide) groups is 1. The number of pyridine rings is 1. The Morgan fingerprint density at radius 1 is 1.25 bits per heavy atom. The Bertz CT molecular complexity index is 659. The number of carboxylic acid groups (broad SMARTS) is 1. The summed E-state index contributed by atoms with van der Waals surface area (Å²) < 4.78 is 0. The summed E-state index contributed by atoms with van der Waals surface area (Å²) in [6.45, 7) is 1.65. The van der Waals surface area contributed by atoms with Gasteiger partial charge in [0.2, 0.25) is 0 Å². The third-order valence-electron chi connectivity index (χ3n) is 2.55. The molecule has 4 heteroatoms. The van der Waals surface area contributed by atoms with Crippen LogP contribution in [0.4, 0.5) is 0 Å². The van der Waals surface area contributed by atoms with Crippen LogP contribution in [-0.4, -0.2) is 21.3 Å². The molecule has 0 bridgehead atoms. The molecule has 0 saturated carbocycles. The SMILES string of the molecule is CC(Sc1ccncc1C#Cc1ccccc1)C(=O)O. The Morgan fingerprint density at radius 2 is 2.00 bits per heavy atom. The zero-order valence-corrected chi connectivity index (χ0v) is 11.7. The van der Waals surface area contributed by atoms with Crippen molar-refractivity contribution in [2.75, 3.05) is 0 Å². The van der Waals surface area contributed by atoms with E-state index in [-0.39, 0.29) is 0 Å². The monoisotopic (exact) mass is 283 g/mol. The molecule has 0 aliphatic rings. The standard InChI is InChI=1S/C16H13NO2S/c1-12(16(18)19)20-15-9-10-17-11-14(15)8-7-13-5-3-2-4-6-13/h2-6,9-12H,1H3,(H,18,19). The molecule has 1 atom stereocenters. The van der Waals surface area contributed by atoms with Gasteiger partial charge in [0.15, 0.2) is 0 Å². The van der Waals surface area contributed by atoms with Gasteiger partial charge in [-0.15, -0.1) is 11.8 Å². The molecule has 2 rings (SSSR count). The highest BCUT2D eigenvalue weighted by atomic mass is 32.2. The number of hydrogen-bond acceptors (Lipinski definition) is 3. The van der Waals surface area contributed by atoms with E-state index in [0.717, 1.165) is 16.0 Å². The van der Waals surface area contributed by atoms with Crippen molar-refractivity contribution in [2.45, 2.75) is 17.1 Å². The third kappa shape index (κ3) is 3.87. The molecule has 0 fully saturated rings. The van der Waals surface area contributed by atoms with Crippen LogP contribution in [-0.2, 0) is 4.79 Å². The Kier molecular flexibility index (Phi) is 4.80. The fraction of sp³-hybridized carbons (Fsp3) is 0.125. The molecule has 0 aliphatic carbocycles. The average molecular weight is 283 g/mol. The summed E-state index contributed by atoms with van der Waals surface area (Å²) in [5.74, 6) is 5.26. The average Bonchev–Trinajstić information content (AvgIpc) is 2.47. The van der Waals surface area contributed by atoms with Crippen molar-refractivity contribution in [1.82, 2.24) is 4.98 Å². The van der Waals surface area contributed by atoms with Crippen LogP contribution in [0.5, 0.6) is 0 Å². The van der Waals surface area contributed by atoms with Gasteiger partial charge in [-0.3, -0.25) is 9.78 Å². The minimum absolute atomic E-state index is 0.519. The summed E-state index contributed by atoms with van der Waals surface area (Å²) in [5.41, 5.74) is 1.66. The fourth-order valence-corrected chi connectivity index (χ4v) is 2.33. The number of hydrogen-bond donors (Lipinski definition) is 1. The summed E-state index contributed by atoms with van der Waals surface area (Å²) in [4.78, 5) is 15.8. The van der Waals surface area contributed by atoms with Gasteiger partial charge in [-0.25, -0.2) is 0 Å². The van der Waals surface area contributed by atoms with Gasteiger partial charge >= 0.3 is 5.97 Å². The van der Waals surface area contributed by atoms with Crippen LogP contribution in [0.25, 0.3) is 0 Å². The minimum Gasteiger partial charge on any atom is -0.480 e. The lowest BCUT2D eigenvalue weighted by Crippen LogP contribution is -2.11. The van der Waals surface area contributed by atoms with Crippen molar-refractivity contribution >= 4 is 17.7 Å². The molecule has 0 radical (unpaired) electrons. The molecule has 0 amide bonds. The van der Waals surface area contributed by atoms with Crippen LogP contribution in [0.3, 0.4) is 0 Å². The normalized spacial score (nSPS) is 11.2. The van der Waals surface area contributed by atoms with Gasteiger partial charge in [-0.05, 0) is 25.1 Å². The lowest BCUT2D eigenvalue weighted by atomic mass is 10.2. The number of rotatable bonds is 3. The predicted molar refractivity (Wildman–Crippen MR) is 79.6 cm³/mol. The summed E-state index contributed by atoms with van der Waals surface area (Å²) in [7, 11) is 0. The molecule has 1 heterocycles. The van der Waals surface area contributed by atoms with E-state index in [1.54, 1.807) is 25.4 Å². The Hall–Kier alpha value is -2.25. The maximum atomic E-state index is 10.9. The first-order chi connectivity index (χ1) is 9.66. The van der Waals surface area contributed by atoms with Gasteiger partial charge < -0.3 is 5.11 Å². The largest absolute Gasteiger partial charge is 0.480 e. The van der Waals surface area contributed by atoms with Crippen LogP contribution in [0.2, 0.25) is 0 Å². The second-order valence-corrected chi connectivity index (χ2v) is 5.47. The zero-order chi connectivity index (χ0) is 14.4. The molecular formula is C16H13NO2S. The van der Waals surface area contributed by atoms with Crippen molar-refractivity contribution < 1.29 is 9.90 Å². The van der Waals surface area contributed by atoms with E-state index >= 15 is 0 Å². The van der Waals surface area contributed by atoms with Crippen LogP contribution >= 0.6 is 11.8 Å². The van der Waals surface area contributed by atoms with E-state index in [0.29, 0.717) is 0 Å². The molecule has 3 nitrogen and oxygen atoms in total. The van der Waals surface area contributed by atoms with Crippen LogP contribution in [0.1, 0.15) is 18.1 Å². The predicted octanol–water partition coefficient (Wildman–Crippen LogP) is 3.05. The second-order valence-electron chi connectivity index (χ2n) is 4.09. The molecule has 0 aliphatic heterocycles. The molecular weight excluding hydrogens is 270 g/mol. The Balaban J connectivity index is 2.25. The van der Waals surface area contributed by atoms with Crippen molar-refractivity contribution in [3.8, 4) is 11.8 Å². The first-order valence-corrected chi connectivity index (χ1v) is 6.95. The first-order valence-electron chi connectivity index (χ1n) is 6.07. The van der Waals surface area contributed by atoms with Crippen molar-refractivity contribution in [1.29, 1.82) is 0 Å². The van der Waals surface area contributed by atoms with E-state index in [1.807, 2.05) is 30.3 Å². The highest BCUT2D eigenvalue weighted by molar-refractivity contribution is 8.00. The molecule has 1 unspecified atom stereocenters. The van der Waals surface area contributed by atoms with Crippen LogP contribution < -0.4 is 0 Å². The highest BCUT2D eigenvalue weighted by Crippen LogP contribution is 2.25. The molecule has 0 saturated heterocycles. The summed E-state index contributed by atoms with van der Waals surface area (Å²) in [6.07, 6.45) is 3.30. The molecule has 0 spiro atoms. The number of carboxylic acids is 1. The van der Waals surface area contributed by atoms with Crippen LogP contribution in [0.15, 0.2) is 53.7 Å². The Morgan fingerprint density at radius 3 is 2.70 bits per heavy atom. The second kappa shape index (κ2) is 6.78. The van der Waals surface area contributed by atoms with Gasteiger partial charge in [-0.1, -0.05) is 30.0 Å². The molecule has 100 valence electrons. The molecule has 2 aromatic rings. The maximum Gasteiger partial charge on any atom is 0.316 e. The van der Waals surface area contributed by atoms with Crippen molar-refractivity contribution in [3.63, 3.8) is 0 Å². The van der Waals surface area contributed by atoms with Gasteiger partial charge in [-0.2, -0.15) is 0 Å². The number of carbonyl (C=O) groups is 1. The quantitative estimate of drug-likeness (QED) is 0.695. The van der Waals surface area contributed by atoms with E-state index < -0.39 is 11.2 Å². The first kappa shape index (κ1) is 14.2. The van der Waals surface area contributed by atoms with Crippen LogP contribution in [0, 0.1) is 11.8 Å². The maximum absolute atomic E-state index is 10.9. The molecule has 20 heavy (non-hydrogen) atoms. The van der Waals surface area contributed by atoms with E-state index in [2.05, 4.69) is 16.8 Å². The summed E-state index contributed by atoms with van der Waals surface area (Å²) >= 11 is 1.27. The Labute approximate surface area is 122 Å². The summed E-state index contributed by atoms with van der Waals surface area (Å²) in [6, 6.07) is 11.4. The number of aromatic nitrogens is 1. The smallest absolute Gasteiger partial charge is 0.316 e. The molecule has 1 aromatic carbocycles. The fourth-order valence-electron chi connectivity index (χ4n) is 1.48. The summed E-state index contributed by atoms with van der Waals surface area (Å²) in [5, 5.41) is 8.45. The van der Waals surface area contributed by atoms with Crippen molar-refractivity contribution in [3.05, 3.63) is 59.9 Å². The van der Waals surface area contributed by atoms with Gasteiger partial charge in [0.1, 0.15) is 5.25 Å². The third-order valence-corrected chi connectivity index (χ3v) is 3.71. The molecule has 1 N–H and O–H groups in total. The molecule has 1 aromatic heterocycles. The van der Waals surface area contributed by atoms with Gasteiger partial charge in [0, 0.05) is 22.9 Å². The van der Waals surface area contributed by atoms with Crippen molar-refractivity contribution in [2.24, 2.45) is 0 Å². The van der Waals surface area contributed by atoms with E-state index in [9.17, 15) is 4.79 Å². The van der Waals surface area contributed by atoms with Gasteiger partial charge in [0.05, 0.1) is 5.56 Å². The topological polar surface area (TPSA) is 50.2 Å². The minimum atomic E-state index is -0.839. The number of benzene rings is 1. The van der Waals surface area contributed by atoms with E-state index in [4.69, 9.17) is 5.11 Å². The number of aliphatic carboxylic acids is 1. The highest BCUT2D eigenvalue weighted by Gasteiger charge is 2.14. The number of nitrogens with zero attached hydrogens (tertiary/aromatic N) is 1.